The van der Waals surface area contributed by atoms with Crippen molar-refractivity contribution in [3.8, 4) is 11.1 Å². The first-order valence-corrected chi connectivity index (χ1v) is 4.65. The molecule has 90 valence electrons. The van der Waals surface area contributed by atoms with Gasteiger partial charge >= 0.3 is 12.1 Å². The number of hydrogen-bond acceptors (Lipinski definition) is 1. The van der Waals surface area contributed by atoms with Crippen molar-refractivity contribution in [1.82, 2.24) is 0 Å². The second-order valence-corrected chi connectivity index (χ2v) is 3.15. The van der Waals surface area contributed by atoms with E-state index in [9.17, 15) is 13.2 Å². The molecule has 0 aromatic heterocycles. The van der Waals surface area contributed by atoms with Gasteiger partial charge in [-0.15, -0.1) is 0 Å². The molecule has 0 saturated carbocycles. The van der Waals surface area contributed by atoms with Gasteiger partial charge in [-0.1, -0.05) is 48.5 Å². The summed E-state index contributed by atoms with van der Waals surface area (Å²) in [5, 5.41) is 7.12. The summed E-state index contributed by atoms with van der Waals surface area (Å²) in [4.78, 5) is 8.90. The first-order chi connectivity index (χ1) is 7.91. The van der Waals surface area contributed by atoms with E-state index in [1.54, 1.807) is 0 Å². The second kappa shape index (κ2) is 5.34. The van der Waals surface area contributed by atoms with Gasteiger partial charge in [0.25, 0.3) is 0 Å². The van der Waals surface area contributed by atoms with Gasteiger partial charge in [0.2, 0.25) is 0 Å². The van der Waals surface area contributed by atoms with Crippen LogP contribution in [-0.4, -0.2) is 17.3 Å². The van der Waals surface area contributed by atoms with Gasteiger partial charge in [-0.05, 0) is 11.1 Å². The highest BCUT2D eigenvalue weighted by molar-refractivity contribution is 5.73. The largest absolute Gasteiger partial charge is 0.490 e. The summed E-state index contributed by atoms with van der Waals surface area (Å²) < 4.78 is 31.7. The topological polar surface area (TPSA) is 37.3 Å². The van der Waals surface area contributed by atoms with Crippen LogP contribution in [-0.2, 0) is 4.79 Å². The van der Waals surface area contributed by atoms with Crippen LogP contribution in [0, 0.1) is 0 Å². The summed E-state index contributed by atoms with van der Waals surface area (Å²) in [5.41, 5.74) is 2.62. The van der Waals surface area contributed by atoms with Gasteiger partial charge in [-0.2, -0.15) is 13.2 Å². The fourth-order valence-corrected chi connectivity index (χ4v) is 1.13. The highest BCUT2D eigenvalue weighted by Gasteiger charge is 2.38. The molecule has 0 aromatic carbocycles. The minimum Gasteiger partial charge on any atom is -0.475 e. The van der Waals surface area contributed by atoms with Gasteiger partial charge in [-0.3, -0.25) is 0 Å². The molecule has 17 heavy (non-hydrogen) atoms. The predicted molar refractivity (Wildman–Crippen MR) is 56.8 cm³/mol. The Kier molecular flexibility index (Phi) is 4.09. The van der Waals surface area contributed by atoms with Crippen molar-refractivity contribution in [3.63, 3.8) is 0 Å². The Bertz CT molecular complexity index is 438. The van der Waals surface area contributed by atoms with Gasteiger partial charge in [0.15, 0.2) is 0 Å². The quantitative estimate of drug-likeness (QED) is 0.768. The van der Waals surface area contributed by atoms with E-state index in [1.165, 1.54) is 11.1 Å². The number of fused-ring (bicyclic) bond motifs is 1. The normalized spacial score (nSPS) is 10.5. The Morgan fingerprint density at radius 2 is 1.24 bits per heavy atom. The first-order valence-electron chi connectivity index (χ1n) is 4.65. The van der Waals surface area contributed by atoms with Crippen LogP contribution in [0.4, 0.5) is 13.2 Å². The predicted octanol–water partition coefficient (Wildman–Crippen LogP) is 3.42. The number of carbonyl (C=O) groups is 1. The van der Waals surface area contributed by atoms with Crippen LogP contribution in [0.2, 0.25) is 0 Å². The zero-order valence-corrected chi connectivity index (χ0v) is 8.61. The van der Waals surface area contributed by atoms with Crippen molar-refractivity contribution < 1.29 is 23.1 Å². The van der Waals surface area contributed by atoms with Crippen LogP contribution in [0.1, 0.15) is 0 Å². The van der Waals surface area contributed by atoms with Crippen LogP contribution in [0.15, 0.2) is 48.5 Å². The number of aliphatic carboxylic acids is 1. The minimum absolute atomic E-state index is 1.31. The highest BCUT2D eigenvalue weighted by atomic mass is 19.4. The molecule has 1 N–H and O–H groups in total. The number of rotatable bonds is 0. The molecule has 0 aromatic rings. The molecule has 0 atom stereocenters. The fraction of sp³-hybridized carbons (Fsp3) is 0.0833. The maximum absolute atomic E-state index is 10.6. The van der Waals surface area contributed by atoms with E-state index in [0.29, 0.717) is 0 Å². The molecule has 2 aliphatic carbocycles. The molecule has 0 unspecified atom stereocenters. The number of halogens is 3. The summed E-state index contributed by atoms with van der Waals surface area (Å²) >= 11 is 0. The van der Waals surface area contributed by atoms with E-state index in [2.05, 4.69) is 42.5 Å². The molecule has 0 bridgehead atoms. The van der Waals surface area contributed by atoms with E-state index in [1.807, 2.05) is 6.07 Å². The lowest BCUT2D eigenvalue weighted by Crippen LogP contribution is -2.21. The van der Waals surface area contributed by atoms with Gasteiger partial charge in [0.1, 0.15) is 0 Å². The fourth-order valence-electron chi connectivity index (χ4n) is 1.13. The molecule has 0 aliphatic heterocycles. The van der Waals surface area contributed by atoms with E-state index >= 15 is 0 Å². The maximum Gasteiger partial charge on any atom is 0.490 e. The summed E-state index contributed by atoms with van der Waals surface area (Å²) in [5.74, 6) is -2.76. The zero-order valence-electron chi connectivity index (χ0n) is 8.61. The lowest BCUT2D eigenvalue weighted by molar-refractivity contribution is -0.192. The molecule has 0 spiro atoms. The number of alkyl halides is 3. The lowest BCUT2D eigenvalue weighted by atomic mass is 10.2. The Labute approximate surface area is 95.7 Å². The number of carboxylic acid groups (broad SMARTS) is 1. The van der Waals surface area contributed by atoms with Crippen LogP contribution in [0.25, 0.3) is 11.1 Å². The Morgan fingerprint density at radius 1 is 0.882 bits per heavy atom. The van der Waals surface area contributed by atoms with Crippen molar-refractivity contribution in [2.75, 3.05) is 0 Å². The third-order valence-corrected chi connectivity index (χ3v) is 1.90. The van der Waals surface area contributed by atoms with Crippen molar-refractivity contribution in [2.45, 2.75) is 6.18 Å². The lowest BCUT2D eigenvalue weighted by Gasteiger charge is -1.93. The SMILES string of the molecule is O=C(O)C(F)(F)F.c1ccc2cccc-2cc1. The standard InChI is InChI=1S/C10H8.C2HF3O2/c1-2-5-9-7-4-8-10(9)6-3-1;3-2(4,5)1(6)7/h1-8H;(H,6,7). The molecular weight excluding hydrogens is 233 g/mol. The van der Waals surface area contributed by atoms with E-state index < -0.39 is 12.1 Å². The van der Waals surface area contributed by atoms with E-state index in [0.717, 1.165) is 0 Å². The van der Waals surface area contributed by atoms with Gasteiger partial charge in [0, 0.05) is 0 Å². The van der Waals surface area contributed by atoms with Crippen LogP contribution in [0.5, 0.6) is 0 Å². The third kappa shape index (κ3) is 4.14. The molecular formula is C12H9F3O2. The van der Waals surface area contributed by atoms with Crippen molar-refractivity contribution in [1.29, 1.82) is 0 Å². The minimum atomic E-state index is -5.08. The summed E-state index contributed by atoms with van der Waals surface area (Å²) in [6.45, 7) is 0. The van der Waals surface area contributed by atoms with Crippen molar-refractivity contribution in [2.24, 2.45) is 0 Å². The Hall–Kier alpha value is -2.04. The summed E-state index contributed by atoms with van der Waals surface area (Å²) in [6.07, 6.45) is -5.08. The molecule has 0 amide bonds. The Balaban J connectivity index is 0.000000185. The smallest absolute Gasteiger partial charge is 0.475 e. The van der Waals surface area contributed by atoms with Crippen LogP contribution < -0.4 is 0 Å². The van der Waals surface area contributed by atoms with E-state index in [-0.39, 0.29) is 0 Å². The number of hydrogen-bond donors (Lipinski definition) is 1. The van der Waals surface area contributed by atoms with Crippen molar-refractivity contribution >= 4 is 5.97 Å². The Morgan fingerprint density at radius 3 is 1.59 bits per heavy atom. The number of carboxylic acids is 1. The van der Waals surface area contributed by atoms with Gasteiger partial charge < -0.3 is 5.11 Å². The van der Waals surface area contributed by atoms with E-state index in [4.69, 9.17) is 9.90 Å². The average molecular weight is 242 g/mol. The summed E-state index contributed by atoms with van der Waals surface area (Å²) in [7, 11) is 0. The monoisotopic (exact) mass is 242 g/mol. The third-order valence-electron chi connectivity index (χ3n) is 1.90. The maximum atomic E-state index is 10.6. The van der Waals surface area contributed by atoms with Crippen LogP contribution in [0.3, 0.4) is 0 Å². The molecule has 2 rings (SSSR count). The van der Waals surface area contributed by atoms with Crippen LogP contribution >= 0.6 is 0 Å². The molecule has 0 radical (unpaired) electrons. The zero-order chi connectivity index (χ0) is 12.9. The van der Waals surface area contributed by atoms with Gasteiger partial charge in [0.05, 0.1) is 0 Å². The molecule has 0 fully saturated rings. The average Bonchev–Trinajstić information content (AvgIpc) is 2.55. The molecule has 0 saturated heterocycles. The second-order valence-electron chi connectivity index (χ2n) is 3.15. The first kappa shape index (κ1) is 13.0. The summed E-state index contributed by atoms with van der Waals surface area (Å²) in [6, 6.07) is 16.7. The van der Waals surface area contributed by atoms with Crippen molar-refractivity contribution in [3.05, 3.63) is 48.5 Å². The molecule has 5 heteroatoms. The molecule has 0 heterocycles. The molecule has 2 aliphatic rings. The highest BCUT2D eigenvalue weighted by Crippen LogP contribution is 2.19. The van der Waals surface area contributed by atoms with Gasteiger partial charge in [-0.25, -0.2) is 4.79 Å². The molecule has 2 nitrogen and oxygen atoms in total.